The highest BCUT2D eigenvalue weighted by Crippen LogP contribution is 2.33. The molecule has 0 aliphatic carbocycles. The van der Waals surface area contributed by atoms with E-state index < -0.39 is 37.5 Å². The van der Waals surface area contributed by atoms with Crippen LogP contribution in [0, 0.1) is 0 Å². The van der Waals surface area contributed by atoms with Gasteiger partial charge in [-0.15, -0.1) is 23.2 Å². The second-order valence-electron chi connectivity index (χ2n) is 6.30. The summed E-state index contributed by atoms with van der Waals surface area (Å²) in [7, 11) is -7.52. The minimum absolute atomic E-state index is 0.000266. The number of nitrogens with zero attached hydrogens (tertiary/aromatic N) is 3. The van der Waals surface area contributed by atoms with E-state index in [4.69, 9.17) is 27.9 Å². The van der Waals surface area contributed by atoms with Crippen molar-refractivity contribution in [2.24, 2.45) is 0 Å². The Hall–Kier alpha value is -1.56. The summed E-state index contributed by atoms with van der Waals surface area (Å²) in [6.45, 7) is 2.30. The van der Waals surface area contributed by atoms with Crippen LogP contribution >= 0.6 is 23.2 Å². The molecule has 30 heavy (non-hydrogen) atoms. The standard InChI is InChI=1S/C17H23Cl2N3O6S2/c1-3-21-12-20-16-14(21)10-13(17(23)28-2)11-15(16)22(29(24,25)8-4-6-18)30(26,27)9-5-7-19/h10-12H,3-9H2,1-2H3. The number of carbonyl (C=O) groups is 1. The minimum atomic E-state index is -4.35. The summed E-state index contributed by atoms with van der Waals surface area (Å²) in [5, 5.41) is 0. The minimum Gasteiger partial charge on any atom is -0.465 e. The normalized spacial score (nSPS) is 12.3. The zero-order valence-electron chi connectivity index (χ0n) is 16.5. The number of ether oxygens (including phenoxy) is 1. The number of fused-ring (bicyclic) bond motifs is 1. The average molecular weight is 500 g/mol. The van der Waals surface area contributed by atoms with Crippen molar-refractivity contribution in [1.29, 1.82) is 0 Å². The van der Waals surface area contributed by atoms with Crippen LogP contribution in [0.3, 0.4) is 0 Å². The Balaban J connectivity index is 2.85. The largest absolute Gasteiger partial charge is 0.465 e. The summed E-state index contributed by atoms with van der Waals surface area (Å²) in [6, 6.07) is 2.65. The lowest BCUT2D eigenvalue weighted by molar-refractivity contribution is 0.0601. The van der Waals surface area contributed by atoms with Crippen molar-refractivity contribution in [3.8, 4) is 0 Å². The molecular weight excluding hydrogens is 477 g/mol. The van der Waals surface area contributed by atoms with E-state index in [9.17, 15) is 21.6 Å². The Bertz CT molecular complexity index is 1080. The highest BCUT2D eigenvalue weighted by atomic mass is 35.5. The van der Waals surface area contributed by atoms with Gasteiger partial charge in [0.15, 0.2) is 0 Å². The fraction of sp³-hybridized carbons (Fsp3) is 0.529. The lowest BCUT2D eigenvalue weighted by atomic mass is 10.1. The lowest BCUT2D eigenvalue weighted by Gasteiger charge is -2.24. The number of hydrogen-bond donors (Lipinski definition) is 0. The maximum absolute atomic E-state index is 13.1. The van der Waals surface area contributed by atoms with Crippen molar-refractivity contribution in [3.63, 3.8) is 0 Å². The van der Waals surface area contributed by atoms with Gasteiger partial charge in [0, 0.05) is 18.3 Å². The number of imidazole rings is 1. The van der Waals surface area contributed by atoms with E-state index in [-0.39, 0.29) is 41.4 Å². The van der Waals surface area contributed by atoms with Crippen LogP contribution < -0.4 is 3.71 Å². The second-order valence-corrected chi connectivity index (χ2v) is 11.2. The summed E-state index contributed by atoms with van der Waals surface area (Å²) in [4.78, 5) is 16.4. The molecule has 0 unspecified atom stereocenters. The van der Waals surface area contributed by atoms with Crippen molar-refractivity contribution < 1.29 is 26.4 Å². The van der Waals surface area contributed by atoms with Gasteiger partial charge in [-0.25, -0.2) is 26.6 Å². The number of benzene rings is 1. The topological polar surface area (TPSA) is 116 Å². The van der Waals surface area contributed by atoms with E-state index >= 15 is 0 Å². The first kappa shape index (κ1) is 24.7. The SMILES string of the molecule is CCn1cnc2c(N(S(=O)(=O)CCCCl)S(=O)(=O)CCCCl)cc(C(=O)OC)cc21. The van der Waals surface area contributed by atoms with E-state index in [1.165, 1.54) is 19.5 Å². The molecule has 0 fully saturated rings. The van der Waals surface area contributed by atoms with Crippen LogP contribution in [0.5, 0.6) is 0 Å². The van der Waals surface area contributed by atoms with Gasteiger partial charge in [0.05, 0.1) is 41.7 Å². The summed E-state index contributed by atoms with van der Waals surface area (Å²) in [5.74, 6) is -1.64. The van der Waals surface area contributed by atoms with E-state index in [1.54, 1.807) is 4.57 Å². The number of aromatic nitrogens is 2. The molecule has 0 saturated heterocycles. The molecule has 1 aromatic heterocycles. The van der Waals surface area contributed by atoms with Gasteiger partial charge >= 0.3 is 5.97 Å². The number of hydrogen-bond acceptors (Lipinski definition) is 7. The Morgan fingerprint density at radius 3 is 2.13 bits per heavy atom. The molecule has 0 spiro atoms. The third-order valence-corrected chi connectivity index (χ3v) is 9.15. The Labute approximate surface area is 186 Å². The number of esters is 1. The van der Waals surface area contributed by atoms with Crippen LogP contribution in [0.2, 0.25) is 0 Å². The molecule has 0 N–H and O–H groups in total. The fourth-order valence-electron chi connectivity index (χ4n) is 2.88. The number of carbonyl (C=O) groups excluding carboxylic acids is 1. The van der Waals surface area contributed by atoms with Crippen LogP contribution in [0.4, 0.5) is 5.69 Å². The molecule has 9 nitrogen and oxygen atoms in total. The van der Waals surface area contributed by atoms with Gasteiger partial charge in [-0.3, -0.25) is 0 Å². The van der Waals surface area contributed by atoms with Crippen molar-refractivity contribution >= 4 is 65.9 Å². The van der Waals surface area contributed by atoms with Crippen molar-refractivity contribution in [2.75, 3.05) is 34.1 Å². The van der Waals surface area contributed by atoms with Crippen LogP contribution in [-0.4, -0.2) is 62.7 Å². The van der Waals surface area contributed by atoms with Crippen molar-refractivity contribution in [3.05, 3.63) is 24.0 Å². The van der Waals surface area contributed by atoms with Gasteiger partial charge in [0.1, 0.15) is 5.52 Å². The monoisotopic (exact) mass is 499 g/mol. The van der Waals surface area contributed by atoms with E-state index in [1.807, 2.05) is 6.92 Å². The first-order chi connectivity index (χ1) is 14.1. The molecule has 0 saturated carbocycles. The zero-order valence-corrected chi connectivity index (χ0v) is 19.7. The highest BCUT2D eigenvalue weighted by molar-refractivity contribution is 8.10. The van der Waals surface area contributed by atoms with Crippen LogP contribution in [-0.2, 0) is 31.3 Å². The van der Waals surface area contributed by atoms with Crippen molar-refractivity contribution in [2.45, 2.75) is 26.3 Å². The Kier molecular flexibility index (Phi) is 8.37. The van der Waals surface area contributed by atoms with Gasteiger partial charge in [0.2, 0.25) is 20.0 Å². The van der Waals surface area contributed by atoms with Crippen LogP contribution in [0.1, 0.15) is 30.1 Å². The predicted molar refractivity (Wildman–Crippen MR) is 117 cm³/mol. The van der Waals surface area contributed by atoms with Crippen LogP contribution in [0.25, 0.3) is 11.0 Å². The molecule has 2 aromatic rings. The number of rotatable bonds is 11. The smallest absolute Gasteiger partial charge is 0.338 e. The number of anilines is 1. The highest BCUT2D eigenvalue weighted by Gasteiger charge is 2.36. The molecule has 0 aliphatic rings. The number of sulfonamides is 2. The van der Waals surface area contributed by atoms with Crippen molar-refractivity contribution in [1.82, 2.24) is 9.55 Å². The quantitative estimate of drug-likeness (QED) is 0.344. The van der Waals surface area contributed by atoms with Gasteiger partial charge in [-0.2, -0.15) is 3.71 Å². The molecule has 0 radical (unpaired) electrons. The van der Waals surface area contributed by atoms with E-state index in [0.717, 1.165) is 6.07 Å². The summed E-state index contributed by atoms with van der Waals surface area (Å²) < 4.78 is 59.1. The van der Waals surface area contributed by atoms with Gasteiger partial charge in [0.25, 0.3) is 0 Å². The molecule has 1 aromatic carbocycles. The molecule has 0 atom stereocenters. The van der Waals surface area contributed by atoms with Crippen LogP contribution in [0.15, 0.2) is 18.5 Å². The second kappa shape index (κ2) is 10.2. The molecule has 0 bridgehead atoms. The van der Waals surface area contributed by atoms with E-state index in [2.05, 4.69) is 4.98 Å². The summed E-state index contributed by atoms with van der Waals surface area (Å²) in [6.07, 6.45) is 1.55. The van der Waals surface area contributed by atoms with E-state index in [0.29, 0.717) is 15.8 Å². The molecule has 0 aliphatic heterocycles. The fourth-order valence-corrected chi connectivity index (χ4v) is 7.53. The number of alkyl halides is 2. The molecular formula is C17H23Cl2N3O6S2. The predicted octanol–water partition coefficient (Wildman–Crippen LogP) is 2.57. The molecule has 1 heterocycles. The first-order valence-corrected chi connectivity index (χ1v) is 13.4. The lowest BCUT2D eigenvalue weighted by Crippen LogP contribution is -2.40. The molecule has 13 heteroatoms. The summed E-state index contributed by atoms with van der Waals surface area (Å²) >= 11 is 11.3. The van der Waals surface area contributed by atoms with Gasteiger partial charge < -0.3 is 9.30 Å². The Morgan fingerprint density at radius 2 is 1.67 bits per heavy atom. The number of halogens is 2. The molecule has 168 valence electrons. The Morgan fingerprint density at radius 1 is 1.10 bits per heavy atom. The van der Waals surface area contributed by atoms with Gasteiger partial charge in [-0.05, 0) is 31.9 Å². The molecule has 2 rings (SSSR count). The number of methoxy groups -OCH3 is 1. The zero-order chi connectivity index (χ0) is 22.5. The first-order valence-electron chi connectivity index (χ1n) is 9.08. The maximum Gasteiger partial charge on any atom is 0.338 e. The maximum atomic E-state index is 13.1. The average Bonchev–Trinajstić information content (AvgIpc) is 3.13. The third kappa shape index (κ3) is 5.19. The van der Waals surface area contributed by atoms with Gasteiger partial charge in [-0.1, -0.05) is 0 Å². The third-order valence-electron chi connectivity index (χ3n) is 4.24. The molecule has 0 amide bonds. The summed E-state index contributed by atoms with van der Waals surface area (Å²) in [5.41, 5.74) is 0.304. The number of aryl methyl sites for hydroxylation is 1.